The van der Waals surface area contributed by atoms with Gasteiger partial charge in [-0.25, -0.2) is 9.97 Å². The lowest BCUT2D eigenvalue weighted by Crippen LogP contribution is -2.45. The summed E-state index contributed by atoms with van der Waals surface area (Å²) in [4.78, 5) is 18.8. The van der Waals surface area contributed by atoms with Gasteiger partial charge in [-0.2, -0.15) is 4.98 Å². The van der Waals surface area contributed by atoms with Gasteiger partial charge in [0.15, 0.2) is 11.3 Å². The van der Waals surface area contributed by atoms with Crippen molar-refractivity contribution in [2.75, 3.05) is 52.3 Å². The number of benzene rings is 1. The van der Waals surface area contributed by atoms with E-state index in [9.17, 15) is 0 Å². The number of nitrogens with zero attached hydrogens (tertiary/aromatic N) is 8. The van der Waals surface area contributed by atoms with Crippen molar-refractivity contribution in [2.24, 2.45) is 0 Å². The fourth-order valence-corrected chi connectivity index (χ4v) is 5.28. The molecule has 40 heavy (non-hydrogen) atoms. The highest BCUT2D eigenvalue weighted by Gasteiger charge is 2.19. The normalized spacial score (nSPS) is 14.6. The minimum Gasteiger partial charge on any atom is -0.497 e. The van der Waals surface area contributed by atoms with Crippen molar-refractivity contribution in [3.8, 4) is 22.6 Å². The lowest BCUT2D eigenvalue weighted by Gasteiger charge is -2.33. The number of likely N-dealkylation sites (N-methyl/N-ethyl adjacent to an activating group) is 1. The first-order valence-electron chi connectivity index (χ1n) is 13.1. The molecule has 6 rings (SSSR count). The van der Waals surface area contributed by atoms with E-state index >= 15 is 0 Å². The van der Waals surface area contributed by atoms with Gasteiger partial charge in [0.25, 0.3) is 0 Å². The number of ether oxygens (including phenoxy) is 2. The third kappa shape index (κ3) is 5.10. The van der Waals surface area contributed by atoms with Gasteiger partial charge in [-0.3, -0.25) is 9.30 Å². The average molecular weight is 560 g/mol. The maximum atomic E-state index is 6.69. The number of hydrogen-bond donors (Lipinski definition) is 1. The van der Waals surface area contributed by atoms with Crippen molar-refractivity contribution >= 4 is 40.0 Å². The summed E-state index contributed by atoms with van der Waals surface area (Å²) < 4.78 is 12.7. The van der Waals surface area contributed by atoms with Crippen LogP contribution in [0, 0.1) is 0 Å². The van der Waals surface area contributed by atoms with Crippen LogP contribution in [0.1, 0.15) is 12.5 Å². The first-order valence-corrected chi connectivity index (χ1v) is 13.5. The Balaban J connectivity index is 1.26. The molecule has 1 aromatic carbocycles. The summed E-state index contributed by atoms with van der Waals surface area (Å²) in [5, 5.41) is 12.9. The number of hydrogen-bond acceptors (Lipinski definition) is 10. The Hall–Kier alpha value is -4.06. The van der Waals surface area contributed by atoms with Crippen LogP contribution in [0.4, 0.5) is 11.8 Å². The van der Waals surface area contributed by atoms with Gasteiger partial charge in [0, 0.05) is 67.7 Å². The van der Waals surface area contributed by atoms with Crippen LogP contribution in [-0.4, -0.2) is 86.3 Å². The van der Waals surface area contributed by atoms with Gasteiger partial charge in [-0.1, -0.05) is 24.6 Å². The van der Waals surface area contributed by atoms with E-state index in [1.165, 1.54) is 5.56 Å². The van der Waals surface area contributed by atoms with Gasteiger partial charge >= 0.3 is 0 Å². The van der Waals surface area contributed by atoms with Crippen LogP contribution < -0.4 is 14.8 Å². The van der Waals surface area contributed by atoms with E-state index in [1.54, 1.807) is 32.8 Å². The van der Waals surface area contributed by atoms with Gasteiger partial charge < -0.3 is 19.7 Å². The third-order valence-electron chi connectivity index (χ3n) is 7.25. The molecule has 0 radical (unpaired) electrons. The second-order valence-electron chi connectivity index (χ2n) is 9.63. The Morgan fingerprint density at radius 1 is 0.925 bits per heavy atom. The van der Waals surface area contributed by atoms with Crippen LogP contribution in [0.2, 0.25) is 5.02 Å². The number of aromatic nitrogens is 6. The van der Waals surface area contributed by atoms with Crippen LogP contribution in [0.25, 0.3) is 27.8 Å². The molecule has 0 aliphatic carbocycles. The van der Waals surface area contributed by atoms with Crippen molar-refractivity contribution < 1.29 is 9.47 Å². The fourth-order valence-electron chi connectivity index (χ4n) is 4.99. The van der Waals surface area contributed by atoms with E-state index in [-0.39, 0.29) is 0 Å². The Bertz CT molecular complexity index is 1650. The second-order valence-corrected chi connectivity index (χ2v) is 10.0. The van der Waals surface area contributed by atoms with E-state index in [0.717, 1.165) is 50.2 Å². The number of fused-ring (bicyclic) bond motifs is 3. The minimum absolute atomic E-state index is 0.423. The molecule has 0 spiro atoms. The molecule has 206 valence electrons. The number of pyridine rings is 2. The van der Waals surface area contributed by atoms with Crippen LogP contribution in [0.5, 0.6) is 11.5 Å². The molecule has 1 saturated heterocycles. The molecule has 4 aromatic heterocycles. The number of rotatable bonds is 8. The van der Waals surface area contributed by atoms with Crippen molar-refractivity contribution in [2.45, 2.75) is 13.5 Å². The Morgan fingerprint density at radius 3 is 2.48 bits per heavy atom. The molecule has 5 aromatic rings. The van der Waals surface area contributed by atoms with Crippen LogP contribution >= 0.6 is 11.6 Å². The number of nitrogens with one attached hydrogen (secondary N) is 1. The molecule has 0 amide bonds. The quantitative estimate of drug-likeness (QED) is 0.296. The number of anilines is 2. The number of methoxy groups -OCH3 is 2. The van der Waals surface area contributed by atoms with E-state index in [1.807, 2.05) is 28.8 Å². The van der Waals surface area contributed by atoms with Crippen molar-refractivity contribution in [3.05, 3.63) is 59.6 Å². The summed E-state index contributed by atoms with van der Waals surface area (Å²) in [5.41, 5.74) is 3.88. The van der Waals surface area contributed by atoms with Gasteiger partial charge in [0.1, 0.15) is 23.6 Å². The SMILES string of the molecule is CCN1CCN(Cc2ccc(Nc3ncc4cc(-c5cc(OC)cc(OC)c5Cl)c5nncn5c4n3)nc2)CC1. The highest BCUT2D eigenvalue weighted by atomic mass is 35.5. The molecule has 11 nitrogen and oxygen atoms in total. The van der Waals surface area contributed by atoms with E-state index in [0.29, 0.717) is 45.1 Å². The zero-order valence-corrected chi connectivity index (χ0v) is 23.4. The molecule has 0 unspecified atom stereocenters. The minimum atomic E-state index is 0.423. The molecule has 5 heterocycles. The van der Waals surface area contributed by atoms with Crippen molar-refractivity contribution in [1.82, 2.24) is 39.3 Å². The van der Waals surface area contributed by atoms with Crippen LogP contribution in [0.15, 0.2) is 49.1 Å². The zero-order valence-electron chi connectivity index (χ0n) is 22.6. The molecule has 12 heteroatoms. The second kappa shape index (κ2) is 11.2. The topological polar surface area (TPSA) is 106 Å². The maximum Gasteiger partial charge on any atom is 0.230 e. The fraction of sp³-hybridized carbons (Fsp3) is 0.321. The summed E-state index contributed by atoms with van der Waals surface area (Å²) in [6.45, 7) is 8.62. The largest absolute Gasteiger partial charge is 0.497 e. The van der Waals surface area contributed by atoms with Crippen molar-refractivity contribution in [3.63, 3.8) is 0 Å². The van der Waals surface area contributed by atoms with E-state index in [2.05, 4.69) is 48.3 Å². The Kier molecular flexibility index (Phi) is 7.33. The molecular formula is C28H30ClN9O2. The number of halogens is 1. The van der Waals surface area contributed by atoms with Crippen molar-refractivity contribution in [1.29, 1.82) is 0 Å². The predicted molar refractivity (Wildman–Crippen MR) is 155 cm³/mol. The Labute approximate surface area is 236 Å². The highest BCUT2D eigenvalue weighted by Crippen LogP contribution is 2.41. The monoisotopic (exact) mass is 559 g/mol. The number of piperazine rings is 1. The first kappa shape index (κ1) is 26.2. The lowest BCUT2D eigenvalue weighted by molar-refractivity contribution is 0.132. The lowest BCUT2D eigenvalue weighted by atomic mass is 10.0. The standard InChI is InChI=1S/C28H30ClN9O2/c1-4-36-7-9-37(10-8-36)16-18-5-6-24(30-14-18)33-28-31-15-19-11-22(27-35-32-17-38(27)26(19)34-28)21-12-20(39-2)13-23(40-3)25(21)29/h5-6,11-15,17H,4,7-10,16H2,1-3H3,(H,30,31,33,34). The molecule has 1 aliphatic heterocycles. The molecule has 0 bridgehead atoms. The predicted octanol–water partition coefficient (Wildman–Crippen LogP) is 4.29. The Morgan fingerprint density at radius 2 is 1.75 bits per heavy atom. The molecule has 1 N–H and O–H groups in total. The van der Waals surface area contributed by atoms with Gasteiger partial charge in [-0.05, 0) is 30.3 Å². The zero-order chi connectivity index (χ0) is 27.6. The summed E-state index contributed by atoms with van der Waals surface area (Å²) in [5.74, 6) is 2.21. The molecule has 0 saturated carbocycles. The smallest absolute Gasteiger partial charge is 0.230 e. The van der Waals surface area contributed by atoms with Crippen LogP contribution in [0.3, 0.4) is 0 Å². The van der Waals surface area contributed by atoms with E-state index < -0.39 is 0 Å². The van der Waals surface area contributed by atoms with Gasteiger partial charge in [0.2, 0.25) is 5.95 Å². The summed E-state index contributed by atoms with van der Waals surface area (Å²) >= 11 is 6.69. The molecule has 0 atom stereocenters. The molecular weight excluding hydrogens is 530 g/mol. The first-order chi connectivity index (χ1) is 19.6. The molecule has 1 fully saturated rings. The summed E-state index contributed by atoms with van der Waals surface area (Å²) in [7, 11) is 3.16. The van der Waals surface area contributed by atoms with Gasteiger partial charge in [-0.15, -0.1) is 10.2 Å². The van der Waals surface area contributed by atoms with E-state index in [4.69, 9.17) is 26.1 Å². The van der Waals surface area contributed by atoms with Gasteiger partial charge in [0.05, 0.1) is 19.2 Å². The maximum absolute atomic E-state index is 6.69. The van der Waals surface area contributed by atoms with Crippen LogP contribution in [-0.2, 0) is 6.54 Å². The average Bonchev–Trinajstić information content (AvgIpc) is 3.49. The third-order valence-corrected chi connectivity index (χ3v) is 7.64. The summed E-state index contributed by atoms with van der Waals surface area (Å²) in [6, 6.07) is 9.58. The highest BCUT2D eigenvalue weighted by molar-refractivity contribution is 6.35. The molecule has 1 aliphatic rings. The summed E-state index contributed by atoms with van der Waals surface area (Å²) in [6.07, 6.45) is 5.28.